The standard InChI is InChI=1S/C15H17ClN4OS/c1-9-7-13(17)20-15(19-9)22-10(2)14(21)18-8-11-3-5-12(16)6-4-11/h3-7,10H,8H2,1-2H3,(H,18,21)(H2,17,19,20). The van der Waals surface area contributed by atoms with E-state index in [2.05, 4.69) is 15.3 Å². The van der Waals surface area contributed by atoms with Crippen molar-refractivity contribution in [3.63, 3.8) is 0 Å². The van der Waals surface area contributed by atoms with Crippen LogP contribution in [-0.4, -0.2) is 21.1 Å². The molecule has 0 aliphatic rings. The number of carbonyl (C=O) groups is 1. The number of nitrogens with zero attached hydrogens (tertiary/aromatic N) is 2. The second-order valence-corrected chi connectivity index (χ2v) is 6.57. The van der Waals surface area contributed by atoms with E-state index >= 15 is 0 Å². The summed E-state index contributed by atoms with van der Waals surface area (Å²) in [5.74, 6) is 0.326. The molecule has 0 saturated heterocycles. The van der Waals surface area contributed by atoms with Gasteiger partial charge in [-0.3, -0.25) is 4.79 Å². The Kier molecular flexibility index (Phi) is 5.63. The van der Waals surface area contributed by atoms with Crippen LogP contribution in [0.2, 0.25) is 5.02 Å². The van der Waals surface area contributed by atoms with Gasteiger partial charge in [0.2, 0.25) is 5.91 Å². The second-order valence-electron chi connectivity index (χ2n) is 4.82. The van der Waals surface area contributed by atoms with E-state index in [9.17, 15) is 4.79 Å². The van der Waals surface area contributed by atoms with Gasteiger partial charge in [0, 0.05) is 23.3 Å². The number of nitrogens with two attached hydrogens (primary N) is 1. The van der Waals surface area contributed by atoms with Crippen LogP contribution in [0.25, 0.3) is 0 Å². The summed E-state index contributed by atoms with van der Waals surface area (Å²) in [7, 11) is 0. The van der Waals surface area contributed by atoms with E-state index in [0.717, 1.165) is 11.3 Å². The first-order chi connectivity index (χ1) is 10.4. The third-order valence-electron chi connectivity index (χ3n) is 2.88. The molecule has 22 heavy (non-hydrogen) atoms. The Morgan fingerprint density at radius 1 is 1.36 bits per heavy atom. The van der Waals surface area contributed by atoms with E-state index in [0.29, 0.717) is 22.5 Å². The molecule has 1 amide bonds. The molecule has 2 rings (SSSR count). The summed E-state index contributed by atoms with van der Waals surface area (Å²) in [5.41, 5.74) is 7.46. The Labute approximate surface area is 138 Å². The van der Waals surface area contributed by atoms with E-state index in [1.54, 1.807) is 18.2 Å². The number of benzene rings is 1. The molecule has 116 valence electrons. The second kappa shape index (κ2) is 7.47. The summed E-state index contributed by atoms with van der Waals surface area (Å²) in [4.78, 5) is 20.5. The molecule has 1 aromatic carbocycles. The lowest BCUT2D eigenvalue weighted by atomic mass is 10.2. The molecule has 0 bridgehead atoms. The molecule has 5 nitrogen and oxygen atoms in total. The number of aryl methyl sites for hydroxylation is 1. The number of thioether (sulfide) groups is 1. The number of carbonyl (C=O) groups excluding carboxylic acids is 1. The summed E-state index contributed by atoms with van der Waals surface area (Å²) in [6.07, 6.45) is 0. The van der Waals surface area contributed by atoms with Crippen LogP contribution in [-0.2, 0) is 11.3 Å². The first-order valence-electron chi connectivity index (χ1n) is 6.74. The number of hydrogen-bond acceptors (Lipinski definition) is 5. The van der Waals surface area contributed by atoms with Gasteiger partial charge >= 0.3 is 0 Å². The highest BCUT2D eigenvalue weighted by molar-refractivity contribution is 8.00. The number of amides is 1. The Balaban J connectivity index is 1.90. The van der Waals surface area contributed by atoms with E-state index in [1.165, 1.54) is 11.8 Å². The Bertz CT molecular complexity index is 643. The van der Waals surface area contributed by atoms with Crippen molar-refractivity contribution in [1.82, 2.24) is 15.3 Å². The molecule has 0 fully saturated rings. The van der Waals surface area contributed by atoms with Gasteiger partial charge in [0.15, 0.2) is 5.16 Å². The maximum Gasteiger partial charge on any atom is 0.233 e. The van der Waals surface area contributed by atoms with E-state index in [4.69, 9.17) is 17.3 Å². The topological polar surface area (TPSA) is 80.9 Å². The van der Waals surface area contributed by atoms with Crippen molar-refractivity contribution in [2.24, 2.45) is 0 Å². The minimum absolute atomic E-state index is 0.0800. The molecule has 0 aliphatic carbocycles. The normalized spacial score (nSPS) is 12.0. The molecule has 1 heterocycles. The highest BCUT2D eigenvalue weighted by atomic mass is 35.5. The maximum atomic E-state index is 12.1. The SMILES string of the molecule is Cc1cc(N)nc(SC(C)C(=O)NCc2ccc(Cl)cc2)n1. The average Bonchev–Trinajstić information content (AvgIpc) is 2.45. The van der Waals surface area contributed by atoms with Crippen molar-refractivity contribution in [1.29, 1.82) is 0 Å². The van der Waals surface area contributed by atoms with Gasteiger partial charge < -0.3 is 11.1 Å². The predicted octanol–water partition coefficient (Wildman–Crippen LogP) is 2.82. The number of nitrogens with one attached hydrogen (secondary N) is 1. The monoisotopic (exact) mass is 336 g/mol. The molecular weight excluding hydrogens is 320 g/mol. The smallest absolute Gasteiger partial charge is 0.233 e. The van der Waals surface area contributed by atoms with Gasteiger partial charge in [0.25, 0.3) is 0 Å². The molecular formula is C15H17ClN4OS. The molecule has 1 atom stereocenters. The zero-order valence-electron chi connectivity index (χ0n) is 12.3. The number of nitrogen functional groups attached to an aromatic ring is 1. The molecule has 3 N–H and O–H groups in total. The van der Waals surface area contributed by atoms with Crippen LogP contribution in [0, 0.1) is 6.92 Å². The van der Waals surface area contributed by atoms with Gasteiger partial charge in [-0.2, -0.15) is 0 Å². The number of aromatic nitrogens is 2. The zero-order valence-corrected chi connectivity index (χ0v) is 13.9. The molecule has 1 aromatic heterocycles. The molecule has 2 aromatic rings. The molecule has 0 spiro atoms. The number of rotatable bonds is 5. The first kappa shape index (κ1) is 16.6. The number of halogens is 1. The summed E-state index contributed by atoms with van der Waals surface area (Å²) >= 11 is 7.11. The fourth-order valence-electron chi connectivity index (χ4n) is 1.76. The van der Waals surface area contributed by atoms with Crippen LogP contribution in [0.5, 0.6) is 0 Å². The Morgan fingerprint density at radius 3 is 2.68 bits per heavy atom. The van der Waals surface area contributed by atoms with Gasteiger partial charge in [-0.15, -0.1) is 0 Å². The van der Waals surface area contributed by atoms with Gasteiger partial charge in [-0.1, -0.05) is 35.5 Å². The van der Waals surface area contributed by atoms with E-state index in [1.807, 2.05) is 26.0 Å². The van der Waals surface area contributed by atoms with Crippen molar-refractivity contribution in [2.75, 3.05) is 5.73 Å². The van der Waals surface area contributed by atoms with Crippen molar-refractivity contribution in [3.05, 3.63) is 46.6 Å². The summed E-state index contributed by atoms with van der Waals surface area (Å²) < 4.78 is 0. The van der Waals surface area contributed by atoms with Crippen molar-refractivity contribution in [3.8, 4) is 0 Å². The number of anilines is 1. The van der Waals surface area contributed by atoms with Crippen LogP contribution in [0.1, 0.15) is 18.2 Å². The summed E-state index contributed by atoms with van der Waals surface area (Å²) in [6.45, 7) is 4.11. The minimum Gasteiger partial charge on any atom is -0.384 e. The molecule has 7 heteroatoms. The van der Waals surface area contributed by atoms with Gasteiger partial charge in [-0.05, 0) is 31.5 Å². The van der Waals surface area contributed by atoms with Crippen LogP contribution < -0.4 is 11.1 Å². The van der Waals surface area contributed by atoms with Crippen LogP contribution in [0.15, 0.2) is 35.5 Å². The first-order valence-corrected chi connectivity index (χ1v) is 8.00. The molecule has 0 radical (unpaired) electrons. The quantitative estimate of drug-likeness (QED) is 0.648. The van der Waals surface area contributed by atoms with Crippen molar-refractivity contribution < 1.29 is 4.79 Å². The fourth-order valence-corrected chi connectivity index (χ4v) is 2.75. The maximum absolute atomic E-state index is 12.1. The highest BCUT2D eigenvalue weighted by Gasteiger charge is 2.16. The molecule has 0 saturated carbocycles. The lowest BCUT2D eigenvalue weighted by Crippen LogP contribution is -2.30. The largest absolute Gasteiger partial charge is 0.384 e. The Hall–Kier alpha value is -1.79. The lowest BCUT2D eigenvalue weighted by Gasteiger charge is -2.11. The highest BCUT2D eigenvalue weighted by Crippen LogP contribution is 2.21. The fraction of sp³-hybridized carbons (Fsp3) is 0.267. The van der Waals surface area contributed by atoms with Crippen LogP contribution in [0.4, 0.5) is 5.82 Å². The summed E-state index contributed by atoms with van der Waals surface area (Å²) in [5, 5.41) is 3.75. The van der Waals surface area contributed by atoms with Gasteiger partial charge in [0.05, 0.1) is 5.25 Å². The van der Waals surface area contributed by atoms with Crippen LogP contribution in [0.3, 0.4) is 0 Å². The minimum atomic E-state index is -0.312. The third-order valence-corrected chi connectivity index (χ3v) is 4.10. The molecule has 0 aliphatic heterocycles. The Morgan fingerprint density at radius 2 is 2.05 bits per heavy atom. The van der Waals surface area contributed by atoms with Gasteiger partial charge in [-0.25, -0.2) is 9.97 Å². The third kappa shape index (κ3) is 4.89. The predicted molar refractivity (Wildman–Crippen MR) is 89.8 cm³/mol. The van der Waals surface area contributed by atoms with Crippen LogP contribution >= 0.6 is 23.4 Å². The molecule has 1 unspecified atom stereocenters. The van der Waals surface area contributed by atoms with E-state index < -0.39 is 0 Å². The van der Waals surface area contributed by atoms with Crippen molar-refractivity contribution >= 4 is 35.1 Å². The number of hydrogen-bond donors (Lipinski definition) is 2. The lowest BCUT2D eigenvalue weighted by molar-refractivity contribution is -0.120. The van der Waals surface area contributed by atoms with Crippen molar-refractivity contribution in [2.45, 2.75) is 30.8 Å². The van der Waals surface area contributed by atoms with Gasteiger partial charge in [0.1, 0.15) is 5.82 Å². The zero-order chi connectivity index (χ0) is 16.1. The average molecular weight is 337 g/mol. The summed E-state index contributed by atoms with van der Waals surface area (Å²) in [6, 6.07) is 9.04. The van der Waals surface area contributed by atoms with E-state index in [-0.39, 0.29) is 11.2 Å².